The molecule has 0 aliphatic carbocycles. The van der Waals surface area contributed by atoms with E-state index in [1.807, 2.05) is 0 Å². The summed E-state index contributed by atoms with van der Waals surface area (Å²) in [5.41, 5.74) is 1.28. The first-order valence-electron chi connectivity index (χ1n) is 7.23. The van der Waals surface area contributed by atoms with Crippen LogP contribution in [0.3, 0.4) is 0 Å². The molecule has 1 aromatic rings. The smallest absolute Gasteiger partial charge is 0.255 e. The minimum absolute atomic E-state index is 0.181. The van der Waals surface area contributed by atoms with Crippen LogP contribution in [0.4, 0.5) is 5.69 Å². The number of piperidine rings is 1. The highest BCUT2D eigenvalue weighted by Gasteiger charge is 2.39. The molecule has 1 atom stereocenters. The number of hydrogen-bond donors (Lipinski definition) is 2. The van der Waals surface area contributed by atoms with Crippen molar-refractivity contribution in [3.8, 4) is 0 Å². The number of benzene rings is 1. The zero-order chi connectivity index (χ0) is 17.5. The molecule has 0 spiro atoms. The first-order chi connectivity index (χ1) is 11.3. The summed E-state index contributed by atoms with van der Waals surface area (Å²) in [5, 5.41) is 3.00. The lowest BCUT2D eigenvalue weighted by Gasteiger charge is -2.29. The SMILES string of the molecule is C=CS(=O)(=O)Nc1ccc2c(c1)C(=O)N(C1CCC(=O)NC1=O)C2. The van der Waals surface area contributed by atoms with Crippen LogP contribution in [-0.4, -0.2) is 37.1 Å². The van der Waals surface area contributed by atoms with Gasteiger partial charge >= 0.3 is 0 Å². The van der Waals surface area contributed by atoms with Gasteiger partial charge in [-0.25, -0.2) is 8.42 Å². The standard InChI is InChI=1S/C15H15N3O5S/c1-2-24(22,23)17-10-4-3-9-8-18(15(21)11(9)7-10)12-5-6-13(19)16-14(12)20/h2-4,7,12,17H,1,5-6,8H2,(H,16,19,20). The molecule has 2 N–H and O–H groups in total. The molecule has 1 aromatic carbocycles. The molecule has 1 saturated heterocycles. The fourth-order valence-corrected chi connectivity index (χ4v) is 3.36. The number of hydrogen-bond acceptors (Lipinski definition) is 5. The van der Waals surface area contributed by atoms with Gasteiger partial charge in [0.15, 0.2) is 0 Å². The molecule has 8 nitrogen and oxygen atoms in total. The highest BCUT2D eigenvalue weighted by molar-refractivity contribution is 7.95. The Morgan fingerprint density at radius 1 is 1.29 bits per heavy atom. The summed E-state index contributed by atoms with van der Waals surface area (Å²) in [6, 6.07) is 3.92. The van der Waals surface area contributed by atoms with Crippen molar-refractivity contribution in [3.63, 3.8) is 0 Å². The highest BCUT2D eigenvalue weighted by atomic mass is 32.2. The van der Waals surface area contributed by atoms with Crippen LogP contribution in [-0.2, 0) is 26.2 Å². The Morgan fingerprint density at radius 2 is 2.04 bits per heavy atom. The van der Waals surface area contributed by atoms with Crippen molar-refractivity contribution in [2.75, 3.05) is 4.72 Å². The van der Waals surface area contributed by atoms with Gasteiger partial charge in [-0.1, -0.05) is 12.6 Å². The zero-order valence-corrected chi connectivity index (χ0v) is 13.4. The molecule has 2 aliphatic rings. The number of carbonyl (C=O) groups excluding carboxylic acids is 3. The van der Waals surface area contributed by atoms with E-state index in [9.17, 15) is 22.8 Å². The molecule has 3 rings (SSSR count). The van der Waals surface area contributed by atoms with Crippen LogP contribution in [0.25, 0.3) is 0 Å². The molecular formula is C15H15N3O5S. The average molecular weight is 349 g/mol. The summed E-state index contributed by atoms with van der Waals surface area (Å²) in [6.07, 6.45) is 0.460. The number of anilines is 1. The molecule has 0 bridgehead atoms. The van der Waals surface area contributed by atoms with E-state index in [2.05, 4.69) is 16.6 Å². The van der Waals surface area contributed by atoms with Gasteiger partial charge in [0, 0.05) is 29.6 Å². The minimum atomic E-state index is -3.67. The number of fused-ring (bicyclic) bond motifs is 1. The first kappa shape index (κ1) is 16.2. The van der Waals surface area contributed by atoms with Crippen molar-refractivity contribution in [2.24, 2.45) is 0 Å². The van der Waals surface area contributed by atoms with E-state index in [1.54, 1.807) is 12.1 Å². The fourth-order valence-electron chi connectivity index (χ4n) is 2.82. The zero-order valence-electron chi connectivity index (χ0n) is 12.6. The molecule has 0 radical (unpaired) electrons. The minimum Gasteiger partial charge on any atom is -0.322 e. The fraction of sp³-hybridized carbons (Fsp3) is 0.267. The van der Waals surface area contributed by atoms with Gasteiger partial charge in [0.2, 0.25) is 11.8 Å². The second-order valence-corrected chi connectivity index (χ2v) is 7.21. The summed E-state index contributed by atoms with van der Waals surface area (Å²) >= 11 is 0. The summed E-state index contributed by atoms with van der Waals surface area (Å²) < 4.78 is 25.3. The lowest BCUT2D eigenvalue weighted by atomic mass is 10.0. The Balaban J connectivity index is 1.84. The summed E-state index contributed by atoms with van der Waals surface area (Å²) in [5.74, 6) is -1.19. The van der Waals surface area contributed by atoms with Crippen molar-refractivity contribution in [3.05, 3.63) is 41.3 Å². The number of rotatable bonds is 4. The number of carbonyl (C=O) groups is 3. The maximum Gasteiger partial charge on any atom is 0.255 e. The second-order valence-electron chi connectivity index (χ2n) is 5.59. The molecule has 24 heavy (non-hydrogen) atoms. The monoisotopic (exact) mass is 349 g/mol. The van der Waals surface area contributed by atoms with Gasteiger partial charge in [0.25, 0.3) is 15.9 Å². The second kappa shape index (κ2) is 5.75. The van der Waals surface area contributed by atoms with Crippen molar-refractivity contribution >= 4 is 33.4 Å². The van der Waals surface area contributed by atoms with Gasteiger partial charge in [-0.05, 0) is 24.1 Å². The quantitative estimate of drug-likeness (QED) is 0.761. The van der Waals surface area contributed by atoms with Gasteiger partial charge in [-0.15, -0.1) is 0 Å². The Hall–Kier alpha value is -2.68. The molecule has 1 unspecified atom stereocenters. The normalized spacial score (nSPS) is 20.6. The maximum atomic E-state index is 12.6. The number of nitrogens with zero attached hydrogens (tertiary/aromatic N) is 1. The topological polar surface area (TPSA) is 113 Å². The Kier molecular flexibility index (Phi) is 3.88. The molecule has 1 fully saturated rings. The van der Waals surface area contributed by atoms with Crippen LogP contribution in [0.1, 0.15) is 28.8 Å². The predicted octanol–water partition coefficient (Wildman–Crippen LogP) is 0.333. The van der Waals surface area contributed by atoms with Gasteiger partial charge in [0.1, 0.15) is 6.04 Å². The van der Waals surface area contributed by atoms with Gasteiger partial charge in [0.05, 0.1) is 0 Å². The van der Waals surface area contributed by atoms with Crippen LogP contribution >= 0.6 is 0 Å². The summed E-state index contributed by atoms with van der Waals surface area (Å²) in [7, 11) is -3.67. The largest absolute Gasteiger partial charge is 0.322 e. The van der Waals surface area contributed by atoms with Crippen LogP contribution in [0, 0.1) is 0 Å². The number of sulfonamides is 1. The van der Waals surface area contributed by atoms with Gasteiger partial charge < -0.3 is 4.90 Å². The number of amides is 3. The third kappa shape index (κ3) is 2.90. The van der Waals surface area contributed by atoms with Crippen LogP contribution in [0.5, 0.6) is 0 Å². The summed E-state index contributed by atoms with van der Waals surface area (Å²) in [6.45, 7) is 3.45. The first-order valence-corrected chi connectivity index (χ1v) is 8.78. The van der Waals surface area contributed by atoms with E-state index in [-0.39, 0.29) is 36.9 Å². The lowest BCUT2D eigenvalue weighted by molar-refractivity contribution is -0.136. The van der Waals surface area contributed by atoms with E-state index >= 15 is 0 Å². The predicted molar refractivity (Wildman–Crippen MR) is 85.2 cm³/mol. The highest BCUT2D eigenvalue weighted by Crippen LogP contribution is 2.29. The third-order valence-corrected chi connectivity index (χ3v) is 4.97. The van der Waals surface area contributed by atoms with Crippen molar-refractivity contribution < 1.29 is 22.8 Å². The molecule has 126 valence electrons. The maximum absolute atomic E-state index is 12.6. The van der Waals surface area contributed by atoms with Gasteiger partial charge in [-0.2, -0.15) is 0 Å². The Morgan fingerprint density at radius 3 is 2.71 bits per heavy atom. The third-order valence-electron chi connectivity index (χ3n) is 4.01. The Bertz CT molecular complexity index is 862. The number of nitrogens with one attached hydrogen (secondary N) is 2. The molecule has 2 heterocycles. The summed E-state index contributed by atoms with van der Waals surface area (Å²) in [4.78, 5) is 37.2. The molecule has 0 saturated carbocycles. The van der Waals surface area contributed by atoms with Crippen LogP contribution in [0.2, 0.25) is 0 Å². The lowest BCUT2D eigenvalue weighted by Crippen LogP contribution is -2.52. The molecule has 0 aromatic heterocycles. The van der Waals surface area contributed by atoms with Crippen LogP contribution in [0.15, 0.2) is 30.2 Å². The number of imide groups is 1. The van der Waals surface area contributed by atoms with E-state index < -0.39 is 22.0 Å². The average Bonchev–Trinajstić information content (AvgIpc) is 2.84. The van der Waals surface area contributed by atoms with Crippen molar-refractivity contribution in [1.82, 2.24) is 10.2 Å². The van der Waals surface area contributed by atoms with Gasteiger partial charge in [-0.3, -0.25) is 24.4 Å². The molecule has 2 aliphatic heterocycles. The molecule has 9 heteroatoms. The van der Waals surface area contributed by atoms with Crippen molar-refractivity contribution in [1.29, 1.82) is 0 Å². The van der Waals surface area contributed by atoms with E-state index in [4.69, 9.17) is 0 Å². The van der Waals surface area contributed by atoms with E-state index in [1.165, 1.54) is 11.0 Å². The van der Waals surface area contributed by atoms with E-state index in [0.29, 0.717) is 11.1 Å². The molecular weight excluding hydrogens is 334 g/mol. The van der Waals surface area contributed by atoms with Crippen molar-refractivity contribution in [2.45, 2.75) is 25.4 Å². The molecule has 3 amide bonds. The van der Waals surface area contributed by atoms with E-state index in [0.717, 1.165) is 5.41 Å². The van der Waals surface area contributed by atoms with Crippen LogP contribution < -0.4 is 10.0 Å². The Labute approximate surface area is 138 Å².